The molecular formula is C20H28F2N4O2. The fourth-order valence-corrected chi connectivity index (χ4v) is 3.92. The van der Waals surface area contributed by atoms with Crippen molar-refractivity contribution in [2.24, 2.45) is 11.5 Å². The van der Waals surface area contributed by atoms with E-state index >= 15 is 0 Å². The van der Waals surface area contributed by atoms with E-state index in [1.54, 1.807) is 0 Å². The Morgan fingerprint density at radius 2 is 2.00 bits per heavy atom. The van der Waals surface area contributed by atoms with Crippen molar-refractivity contribution in [3.05, 3.63) is 35.5 Å². The van der Waals surface area contributed by atoms with Crippen molar-refractivity contribution in [2.45, 2.75) is 56.1 Å². The number of amides is 1. The molecule has 2 aromatic rings. The molecule has 3 rings (SSSR count). The molecule has 0 saturated heterocycles. The summed E-state index contributed by atoms with van der Waals surface area (Å²) < 4.78 is 27.2. The fourth-order valence-electron chi connectivity index (χ4n) is 3.92. The van der Waals surface area contributed by atoms with Gasteiger partial charge in [-0.05, 0) is 43.4 Å². The van der Waals surface area contributed by atoms with Crippen LogP contribution in [0, 0.1) is 0 Å². The molecule has 2 unspecified atom stereocenters. The summed E-state index contributed by atoms with van der Waals surface area (Å²) in [5, 5.41) is 13.5. The monoisotopic (exact) mass is 394 g/mol. The number of aliphatic hydroxyl groups is 1. The highest BCUT2D eigenvalue weighted by molar-refractivity contribution is 6.01. The van der Waals surface area contributed by atoms with E-state index in [0.717, 1.165) is 16.5 Å². The SMILES string of the molecule is NCCC(O)C(N)CNC(=O)c1[nH]c2ccccc2c1C1CCC(F)(F)CC1. The van der Waals surface area contributed by atoms with Gasteiger partial charge in [-0.25, -0.2) is 8.78 Å². The van der Waals surface area contributed by atoms with E-state index in [4.69, 9.17) is 11.5 Å². The molecule has 1 aliphatic carbocycles. The van der Waals surface area contributed by atoms with E-state index in [9.17, 15) is 18.7 Å². The second-order valence-electron chi connectivity index (χ2n) is 7.61. The number of aromatic nitrogens is 1. The quantitative estimate of drug-likeness (QED) is 0.495. The number of benzene rings is 1. The molecule has 7 N–H and O–H groups in total. The third-order valence-corrected chi connectivity index (χ3v) is 5.55. The number of aliphatic hydroxyl groups excluding tert-OH is 1. The lowest BCUT2D eigenvalue weighted by atomic mass is 9.81. The molecule has 6 nitrogen and oxygen atoms in total. The summed E-state index contributed by atoms with van der Waals surface area (Å²) in [6, 6.07) is 6.87. The van der Waals surface area contributed by atoms with Crippen LogP contribution < -0.4 is 16.8 Å². The van der Waals surface area contributed by atoms with Crippen LogP contribution in [0.15, 0.2) is 24.3 Å². The van der Waals surface area contributed by atoms with E-state index < -0.39 is 18.1 Å². The van der Waals surface area contributed by atoms with Crippen LogP contribution in [0.2, 0.25) is 0 Å². The summed E-state index contributed by atoms with van der Waals surface area (Å²) in [6.07, 6.45) is -0.116. The maximum absolute atomic E-state index is 13.6. The third kappa shape index (κ3) is 4.51. The maximum atomic E-state index is 13.6. The van der Waals surface area contributed by atoms with Gasteiger partial charge < -0.3 is 26.9 Å². The standard InChI is InChI=1S/C20H28F2N4O2/c21-20(22)8-5-12(6-9-20)17-13-3-1-2-4-15(13)26-18(17)19(28)25-11-14(24)16(27)7-10-23/h1-4,12,14,16,26-27H,5-11,23-24H2,(H,25,28). The molecule has 1 aromatic heterocycles. The minimum absolute atomic E-state index is 0.0948. The highest BCUT2D eigenvalue weighted by Gasteiger charge is 2.37. The molecule has 0 radical (unpaired) electrons. The fraction of sp³-hybridized carbons (Fsp3) is 0.550. The number of carbonyl (C=O) groups is 1. The summed E-state index contributed by atoms with van der Waals surface area (Å²) in [4.78, 5) is 16.0. The molecule has 0 bridgehead atoms. The summed E-state index contributed by atoms with van der Waals surface area (Å²) in [7, 11) is 0. The number of fused-ring (bicyclic) bond motifs is 1. The molecule has 28 heavy (non-hydrogen) atoms. The molecule has 1 fully saturated rings. The second-order valence-corrected chi connectivity index (χ2v) is 7.61. The van der Waals surface area contributed by atoms with E-state index in [2.05, 4.69) is 10.3 Å². The topological polar surface area (TPSA) is 117 Å². The molecule has 2 atom stereocenters. The normalized spacial score (nSPS) is 19.5. The van der Waals surface area contributed by atoms with Gasteiger partial charge in [0.15, 0.2) is 0 Å². The zero-order valence-corrected chi connectivity index (χ0v) is 15.8. The number of nitrogens with one attached hydrogen (secondary N) is 2. The van der Waals surface area contributed by atoms with Gasteiger partial charge in [-0.2, -0.15) is 0 Å². The number of rotatable bonds is 7. The largest absolute Gasteiger partial charge is 0.391 e. The summed E-state index contributed by atoms with van der Waals surface area (Å²) in [5.74, 6) is -3.08. The van der Waals surface area contributed by atoms with Crippen molar-refractivity contribution in [3.63, 3.8) is 0 Å². The average molecular weight is 394 g/mol. The first-order valence-corrected chi connectivity index (χ1v) is 9.72. The number of carbonyl (C=O) groups excluding carboxylic acids is 1. The van der Waals surface area contributed by atoms with Crippen LogP contribution in [0.25, 0.3) is 10.9 Å². The highest BCUT2D eigenvalue weighted by atomic mass is 19.3. The number of nitrogens with two attached hydrogens (primary N) is 2. The van der Waals surface area contributed by atoms with Crippen molar-refractivity contribution < 1.29 is 18.7 Å². The van der Waals surface area contributed by atoms with Gasteiger partial charge in [0.25, 0.3) is 5.91 Å². The molecule has 1 heterocycles. The zero-order chi connectivity index (χ0) is 20.3. The van der Waals surface area contributed by atoms with Gasteiger partial charge in [0.2, 0.25) is 5.92 Å². The minimum Gasteiger partial charge on any atom is -0.391 e. The molecule has 1 aromatic carbocycles. The van der Waals surface area contributed by atoms with Crippen LogP contribution in [-0.2, 0) is 0 Å². The Morgan fingerprint density at radius 3 is 2.68 bits per heavy atom. The van der Waals surface area contributed by atoms with Crippen LogP contribution >= 0.6 is 0 Å². The van der Waals surface area contributed by atoms with Crippen LogP contribution in [0.4, 0.5) is 8.78 Å². The maximum Gasteiger partial charge on any atom is 0.268 e. The average Bonchev–Trinajstić information content (AvgIpc) is 3.05. The first-order chi connectivity index (χ1) is 13.3. The molecule has 8 heteroatoms. The Labute approximate surface area is 162 Å². The van der Waals surface area contributed by atoms with E-state index in [-0.39, 0.29) is 31.2 Å². The lowest BCUT2D eigenvalue weighted by Crippen LogP contribution is -2.45. The first kappa shape index (κ1) is 20.7. The number of halogens is 2. The van der Waals surface area contributed by atoms with Crippen molar-refractivity contribution in [1.29, 1.82) is 0 Å². The van der Waals surface area contributed by atoms with E-state index in [1.165, 1.54) is 0 Å². The number of H-pyrrole nitrogens is 1. The van der Waals surface area contributed by atoms with Crippen LogP contribution in [0.1, 0.15) is 54.1 Å². The van der Waals surface area contributed by atoms with E-state index in [1.807, 2.05) is 24.3 Å². The Kier molecular flexibility index (Phi) is 6.32. The Balaban J connectivity index is 1.81. The zero-order valence-electron chi connectivity index (χ0n) is 15.8. The van der Waals surface area contributed by atoms with Crippen LogP contribution in [0.5, 0.6) is 0 Å². The molecule has 1 aliphatic rings. The number of hydrogen-bond acceptors (Lipinski definition) is 4. The molecule has 154 valence electrons. The van der Waals surface area contributed by atoms with Gasteiger partial charge in [0.05, 0.1) is 6.10 Å². The summed E-state index contributed by atoms with van der Waals surface area (Å²) >= 11 is 0. The lowest BCUT2D eigenvalue weighted by molar-refractivity contribution is -0.0381. The van der Waals surface area contributed by atoms with Crippen LogP contribution in [-0.4, -0.2) is 47.2 Å². The molecule has 1 amide bonds. The predicted octanol–water partition coefficient (Wildman–Crippen LogP) is 2.23. The van der Waals surface area contributed by atoms with Gasteiger partial charge in [0, 0.05) is 36.3 Å². The second kappa shape index (κ2) is 8.55. The third-order valence-electron chi connectivity index (χ3n) is 5.55. The van der Waals surface area contributed by atoms with Gasteiger partial charge in [-0.3, -0.25) is 4.79 Å². The molecule has 1 saturated carbocycles. The van der Waals surface area contributed by atoms with Gasteiger partial charge >= 0.3 is 0 Å². The number of hydrogen-bond donors (Lipinski definition) is 5. The molecule has 0 aliphatic heterocycles. The minimum atomic E-state index is -2.63. The first-order valence-electron chi connectivity index (χ1n) is 9.72. The van der Waals surface area contributed by atoms with Gasteiger partial charge in [-0.1, -0.05) is 18.2 Å². The van der Waals surface area contributed by atoms with Crippen LogP contribution in [0.3, 0.4) is 0 Å². The van der Waals surface area contributed by atoms with Crippen molar-refractivity contribution >= 4 is 16.8 Å². The van der Waals surface area contributed by atoms with Gasteiger partial charge in [-0.15, -0.1) is 0 Å². The van der Waals surface area contributed by atoms with Gasteiger partial charge in [0.1, 0.15) is 5.69 Å². The molecular weight excluding hydrogens is 366 g/mol. The van der Waals surface area contributed by atoms with Crippen molar-refractivity contribution in [1.82, 2.24) is 10.3 Å². The Hall–Kier alpha value is -2.03. The van der Waals surface area contributed by atoms with Crippen molar-refractivity contribution in [2.75, 3.05) is 13.1 Å². The predicted molar refractivity (Wildman–Crippen MR) is 104 cm³/mol. The highest BCUT2D eigenvalue weighted by Crippen LogP contribution is 2.43. The van der Waals surface area contributed by atoms with Crippen molar-refractivity contribution in [3.8, 4) is 0 Å². The Bertz CT molecular complexity index is 814. The lowest BCUT2D eigenvalue weighted by Gasteiger charge is -2.28. The number of aromatic amines is 1. The van der Waals surface area contributed by atoms with E-state index in [0.29, 0.717) is 31.5 Å². The number of para-hydroxylation sites is 1. The summed E-state index contributed by atoms with van der Waals surface area (Å²) in [5.41, 5.74) is 13.3. The smallest absolute Gasteiger partial charge is 0.268 e. The Morgan fingerprint density at radius 1 is 1.32 bits per heavy atom. The number of alkyl halides is 2. The molecule has 0 spiro atoms. The summed E-state index contributed by atoms with van der Waals surface area (Å²) in [6.45, 7) is 0.402.